The van der Waals surface area contributed by atoms with Crippen molar-refractivity contribution < 1.29 is 14.3 Å². The first kappa shape index (κ1) is 19.0. The highest BCUT2D eigenvalue weighted by Crippen LogP contribution is 2.28. The van der Waals surface area contributed by atoms with Gasteiger partial charge >= 0.3 is 0 Å². The topological polar surface area (TPSA) is 65.6 Å². The third-order valence-corrected chi connectivity index (χ3v) is 6.08. The van der Waals surface area contributed by atoms with E-state index in [-0.39, 0.29) is 17.9 Å². The van der Waals surface area contributed by atoms with E-state index in [4.69, 9.17) is 4.74 Å². The van der Waals surface area contributed by atoms with E-state index in [0.717, 1.165) is 35.0 Å². The molecule has 2 aliphatic heterocycles. The number of carbonyl (C=O) groups excluding carboxylic acids is 2. The molecule has 1 aromatic carbocycles. The van der Waals surface area contributed by atoms with E-state index >= 15 is 0 Å². The summed E-state index contributed by atoms with van der Waals surface area (Å²) in [7, 11) is 0. The van der Waals surface area contributed by atoms with Gasteiger partial charge in [-0.2, -0.15) is 0 Å². The number of aromatic amines is 1. The van der Waals surface area contributed by atoms with Crippen LogP contribution in [0.5, 0.6) is 0 Å². The summed E-state index contributed by atoms with van der Waals surface area (Å²) >= 11 is 0. The maximum Gasteiger partial charge on any atom is 0.245 e. The van der Waals surface area contributed by atoms with E-state index < -0.39 is 0 Å². The van der Waals surface area contributed by atoms with Gasteiger partial charge in [0.15, 0.2) is 0 Å². The zero-order valence-corrected chi connectivity index (χ0v) is 17.0. The summed E-state index contributed by atoms with van der Waals surface area (Å²) in [5, 5.41) is 1.12. The monoisotopic (exact) mass is 383 g/mol. The van der Waals surface area contributed by atoms with Gasteiger partial charge in [-0.25, -0.2) is 0 Å². The predicted octanol–water partition coefficient (Wildman–Crippen LogP) is 2.49. The Labute approximate surface area is 165 Å². The zero-order valence-electron chi connectivity index (χ0n) is 17.0. The number of aryl methyl sites for hydroxylation is 3. The number of hydrogen-bond acceptors (Lipinski definition) is 3. The summed E-state index contributed by atoms with van der Waals surface area (Å²) in [6.07, 6.45) is 1.98. The van der Waals surface area contributed by atoms with Crippen LogP contribution in [0.1, 0.15) is 35.2 Å². The second kappa shape index (κ2) is 7.59. The molecule has 1 atom stereocenters. The highest BCUT2D eigenvalue weighted by atomic mass is 16.5. The maximum absolute atomic E-state index is 13.2. The van der Waals surface area contributed by atoms with Crippen molar-refractivity contribution in [3.63, 3.8) is 0 Å². The van der Waals surface area contributed by atoms with Crippen molar-refractivity contribution in [2.24, 2.45) is 0 Å². The van der Waals surface area contributed by atoms with Crippen LogP contribution in [0.4, 0.5) is 0 Å². The van der Waals surface area contributed by atoms with Crippen molar-refractivity contribution in [2.75, 3.05) is 32.8 Å². The third kappa shape index (κ3) is 3.41. The molecule has 0 aliphatic carbocycles. The number of ether oxygens (including phenoxy) is 1. The summed E-state index contributed by atoms with van der Waals surface area (Å²) in [4.78, 5) is 33.2. The molecule has 6 heteroatoms. The number of carbonyl (C=O) groups is 2. The molecular formula is C22H29N3O3. The molecule has 0 saturated carbocycles. The van der Waals surface area contributed by atoms with E-state index in [1.54, 1.807) is 4.90 Å². The first-order valence-corrected chi connectivity index (χ1v) is 10.2. The Kier molecular flexibility index (Phi) is 5.15. The van der Waals surface area contributed by atoms with Gasteiger partial charge in [0.05, 0.1) is 19.6 Å². The van der Waals surface area contributed by atoms with Crippen LogP contribution in [0.2, 0.25) is 0 Å². The van der Waals surface area contributed by atoms with Crippen LogP contribution >= 0.6 is 0 Å². The van der Waals surface area contributed by atoms with Crippen LogP contribution in [0.25, 0.3) is 10.9 Å². The molecule has 0 radical (unpaired) electrons. The fraction of sp³-hybridized carbons (Fsp3) is 0.545. The molecule has 28 heavy (non-hydrogen) atoms. The van der Waals surface area contributed by atoms with E-state index in [1.807, 2.05) is 11.8 Å². The van der Waals surface area contributed by atoms with E-state index in [1.165, 1.54) is 11.1 Å². The second-order valence-electron chi connectivity index (χ2n) is 8.09. The molecule has 1 N–H and O–H groups in total. The lowest BCUT2D eigenvalue weighted by Gasteiger charge is -2.32. The molecule has 150 valence electrons. The Morgan fingerprint density at radius 1 is 1.14 bits per heavy atom. The van der Waals surface area contributed by atoms with Gasteiger partial charge in [-0.15, -0.1) is 0 Å². The minimum Gasteiger partial charge on any atom is -0.378 e. The van der Waals surface area contributed by atoms with Gasteiger partial charge in [-0.3, -0.25) is 9.59 Å². The number of nitrogens with one attached hydrogen (secondary N) is 1. The molecule has 2 amide bonds. The molecule has 2 aliphatic rings. The summed E-state index contributed by atoms with van der Waals surface area (Å²) in [6, 6.07) is 3.98. The number of fused-ring (bicyclic) bond motifs is 1. The van der Waals surface area contributed by atoms with Gasteiger partial charge in [-0.1, -0.05) is 11.6 Å². The Balaban J connectivity index is 1.55. The van der Waals surface area contributed by atoms with E-state index in [9.17, 15) is 9.59 Å². The average Bonchev–Trinajstić information content (AvgIpc) is 3.28. The second-order valence-corrected chi connectivity index (χ2v) is 8.09. The fourth-order valence-corrected chi connectivity index (χ4v) is 4.63. The van der Waals surface area contributed by atoms with Crippen molar-refractivity contribution in [3.8, 4) is 0 Å². The lowest BCUT2D eigenvalue weighted by molar-refractivity contribution is -0.146. The maximum atomic E-state index is 13.2. The van der Waals surface area contributed by atoms with Crippen LogP contribution in [-0.4, -0.2) is 65.5 Å². The van der Waals surface area contributed by atoms with Gasteiger partial charge in [0.2, 0.25) is 11.8 Å². The minimum absolute atomic E-state index is 0.0484. The molecule has 4 rings (SSSR count). The number of aromatic nitrogens is 1. The van der Waals surface area contributed by atoms with E-state index in [0.29, 0.717) is 39.3 Å². The van der Waals surface area contributed by atoms with Crippen molar-refractivity contribution in [1.82, 2.24) is 14.8 Å². The van der Waals surface area contributed by atoms with Crippen molar-refractivity contribution in [1.29, 1.82) is 0 Å². The van der Waals surface area contributed by atoms with Crippen molar-refractivity contribution in [3.05, 3.63) is 34.5 Å². The first-order valence-electron chi connectivity index (χ1n) is 10.2. The fourth-order valence-electron chi connectivity index (χ4n) is 4.63. The molecule has 0 bridgehead atoms. The van der Waals surface area contributed by atoms with Crippen LogP contribution in [0.15, 0.2) is 12.1 Å². The number of H-pyrrole nitrogens is 1. The highest BCUT2D eigenvalue weighted by molar-refractivity contribution is 5.94. The SMILES string of the molecule is Cc1cc(C)c2[nH]c(C)c(CC(=O)N3CCC[C@H]3C(=O)N3CCOCC3)c2c1. The molecule has 1 aromatic heterocycles. The molecule has 2 aromatic rings. The molecule has 2 saturated heterocycles. The van der Waals surface area contributed by atoms with Crippen LogP contribution in [-0.2, 0) is 20.7 Å². The first-order chi connectivity index (χ1) is 13.5. The lowest BCUT2D eigenvalue weighted by Crippen LogP contribution is -2.51. The smallest absolute Gasteiger partial charge is 0.245 e. The largest absolute Gasteiger partial charge is 0.378 e. The zero-order chi connectivity index (χ0) is 19.8. The van der Waals surface area contributed by atoms with Gasteiger partial charge in [0.1, 0.15) is 6.04 Å². The lowest BCUT2D eigenvalue weighted by atomic mass is 10.0. The van der Waals surface area contributed by atoms with Gasteiger partial charge < -0.3 is 19.5 Å². The molecule has 6 nitrogen and oxygen atoms in total. The van der Waals surface area contributed by atoms with Crippen LogP contribution < -0.4 is 0 Å². The normalized spacial score (nSPS) is 20.2. The van der Waals surface area contributed by atoms with Crippen molar-refractivity contribution >= 4 is 22.7 Å². The quantitative estimate of drug-likeness (QED) is 0.886. The standard InChI is InChI=1S/C22H29N3O3/c1-14-11-15(2)21-18(12-14)17(16(3)23-21)13-20(26)25-6-4-5-19(25)22(27)24-7-9-28-10-8-24/h11-12,19,23H,4-10,13H2,1-3H3/t19-/m0/s1. The number of amides is 2. The van der Waals surface area contributed by atoms with Gasteiger partial charge in [0.25, 0.3) is 0 Å². The number of rotatable bonds is 3. The Morgan fingerprint density at radius 3 is 2.64 bits per heavy atom. The number of hydrogen-bond donors (Lipinski definition) is 1. The predicted molar refractivity (Wildman–Crippen MR) is 108 cm³/mol. The number of likely N-dealkylation sites (tertiary alicyclic amines) is 1. The summed E-state index contributed by atoms with van der Waals surface area (Å²) in [5.41, 5.74) is 5.58. The Hall–Kier alpha value is -2.34. The Morgan fingerprint density at radius 2 is 1.89 bits per heavy atom. The summed E-state index contributed by atoms with van der Waals surface area (Å²) in [5.74, 6) is 0.128. The number of benzene rings is 1. The van der Waals surface area contributed by atoms with Crippen molar-refractivity contribution in [2.45, 2.75) is 46.1 Å². The average molecular weight is 383 g/mol. The van der Waals surface area contributed by atoms with Gasteiger partial charge in [0, 0.05) is 36.2 Å². The molecule has 0 unspecified atom stereocenters. The van der Waals surface area contributed by atoms with Crippen LogP contribution in [0.3, 0.4) is 0 Å². The number of nitrogens with zero attached hydrogens (tertiary/aromatic N) is 2. The summed E-state index contributed by atoms with van der Waals surface area (Å²) < 4.78 is 5.35. The van der Waals surface area contributed by atoms with Crippen LogP contribution in [0, 0.1) is 20.8 Å². The molecule has 3 heterocycles. The Bertz CT molecular complexity index is 911. The molecular weight excluding hydrogens is 354 g/mol. The third-order valence-electron chi connectivity index (χ3n) is 6.08. The minimum atomic E-state index is -0.320. The molecule has 0 spiro atoms. The number of morpholine rings is 1. The highest BCUT2D eigenvalue weighted by Gasteiger charge is 2.37. The van der Waals surface area contributed by atoms with Gasteiger partial charge in [-0.05, 0) is 50.8 Å². The molecule has 2 fully saturated rings. The van der Waals surface area contributed by atoms with E-state index in [2.05, 4.69) is 31.0 Å². The summed E-state index contributed by atoms with van der Waals surface area (Å²) in [6.45, 7) is 9.28.